The van der Waals surface area contributed by atoms with E-state index in [0.29, 0.717) is 22.8 Å². The molecular weight excluding hydrogens is 287 g/mol. The van der Waals surface area contributed by atoms with Crippen LogP contribution >= 0.6 is 11.8 Å². The molecular formula is C16H17FN2OS. The molecule has 1 heterocycles. The summed E-state index contributed by atoms with van der Waals surface area (Å²) in [5, 5.41) is 8.64. The van der Waals surface area contributed by atoms with E-state index in [-0.39, 0.29) is 5.82 Å². The number of hydrogen-bond donors (Lipinski definition) is 0. The van der Waals surface area contributed by atoms with Crippen LogP contribution in [0.5, 0.6) is 0 Å². The van der Waals surface area contributed by atoms with Gasteiger partial charge in [-0.25, -0.2) is 4.39 Å². The van der Waals surface area contributed by atoms with Gasteiger partial charge in [0.2, 0.25) is 11.8 Å². The predicted octanol–water partition coefficient (Wildman–Crippen LogP) is 4.40. The second-order valence-corrected chi connectivity index (χ2v) is 7.03. The zero-order valence-electron chi connectivity index (χ0n) is 11.7. The van der Waals surface area contributed by atoms with Crippen molar-refractivity contribution in [2.45, 2.75) is 49.0 Å². The van der Waals surface area contributed by atoms with E-state index in [4.69, 9.17) is 4.42 Å². The van der Waals surface area contributed by atoms with E-state index in [1.54, 1.807) is 23.9 Å². The van der Waals surface area contributed by atoms with Crippen molar-refractivity contribution in [3.05, 3.63) is 46.9 Å². The van der Waals surface area contributed by atoms with E-state index in [9.17, 15) is 4.39 Å². The Labute approximate surface area is 127 Å². The lowest BCUT2D eigenvalue weighted by Crippen LogP contribution is -2.08. The van der Waals surface area contributed by atoms with Crippen molar-refractivity contribution in [2.75, 3.05) is 0 Å². The van der Waals surface area contributed by atoms with Crippen molar-refractivity contribution in [3.8, 4) is 0 Å². The van der Waals surface area contributed by atoms with Gasteiger partial charge in [0.1, 0.15) is 5.82 Å². The van der Waals surface area contributed by atoms with Crippen molar-refractivity contribution in [1.29, 1.82) is 0 Å². The van der Waals surface area contributed by atoms with Gasteiger partial charge in [-0.2, -0.15) is 0 Å². The Kier molecular flexibility index (Phi) is 3.45. The van der Waals surface area contributed by atoms with E-state index in [1.165, 1.54) is 24.8 Å². The van der Waals surface area contributed by atoms with Crippen LogP contribution in [0, 0.1) is 5.82 Å². The number of nitrogens with zero attached hydrogens (tertiary/aromatic N) is 2. The molecule has 1 unspecified atom stereocenters. The molecule has 1 aromatic heterocycles. The van der Waals surface area contributed by atoms with Crippen molar-refractivity contribution in [1.82, 2.24) is 10.2 Å². The van der Waals surface area contributed by atoms with Crippen molar-refractivity contribution < 1.29 is 8.81 Å². The van der Waals surface area contributed by atoms with Crippen molar-refractivity contribution in [3.63, 3.8) is 0 Å². The standard InChI is InChI=1S/C16H17FN2OS/c17-12-6-4-10-5-7-14(13(10)8-12)21-9-15-18-19-16(20-15)11-2-1-3-11/h4,6,8,11,14H,1-3,5,7,9H2. The van der Waals surface area contributed by atoms with Crippen LogP contribution in [0.25, 0.3) is 0 Å². The van der Waals surface area contributed by atoms with Gasteiger partial charge in [0.15, 0.2) is 0 Å². The zero-order chi connectivity index (χ0) is 14.2. The molecule has 4 rings (SSSR count). The van der Waals surface area contributed by atoms with E-state index < -0.39 is 0 Å². The number of rotatable bonds is 4. The molecule has 0 amide bonds. The quantitative estimate of drug-likeness (QED) is 0.839. The fourth-order valence-corrected chi connectivity index (χ4v) is 4.17. The smallest absolute Gasteiger partial charge is 0.226 e. The van der Waals surface area contributed by atoms with Crippen LogP contribution in [0.3, 0.4) is 0 Å². The summed E-state index contributed by atoms with van der Waals surface area (Å²) in [6.07, 6.45) is 5.70. The topological polar surface area (TPSA) is 38.9 Å². The highest BCUT2D eigenvalue weighted by atomic mass is 32.2. The number of aryl methyl sites for hydroxylation is 1. The molecule has 1 fully saturated rings. The second-order valence-electron chi connectivity index (χ2n) is 5.84. The molecule has 0 saturated heterocycles. The highest BCUT2D eigenvalue weighted by Gasteiger charge is 2.26. The minimum atomic E-state index is -0.147. The number of fused-ring (bicyclic) bond motifs is 1. The summed E-state index contributed by atoms with van der Waals surface area (Å²) in [5.41, 5.74) is 2.41. The molecule has 110 valence electrons. The molecule has 0 radical (unpaired) electrons. The SMILES string of the molecule is Fc1ccc2c(c1)C(SCc1nnc(C3CCC3)o1)CC2. The monoisotopic (exact) mass is 304 g/mol. The molecule has 2 aliphatic carbocycles. The molecule has 0 aliphatic heterocycles. The van der Waals surface area contributed by atoms with Gasteiger partial charge in [0.25, 0.3) is 0 Å². The lowest BCUT2D eigenvalue weighted by molar-refractivity contribution is 0.328. The van der Waals surface area contributed by atoms with Crippen LogP contribution in [0.4, 0.5) is 4.39 Å². The maximum absolute atomic E-state index is 13.4. The Morgan fingerprint density at radius 1 is 1.24 bits per heavy atom. The molecule has 1 aromatic carbocycles. The maximum Gasteiger partial charge on any atom is 0.226 e. The molecule has 21 heavy (non-hydrogen) atoms. The number of hydrogen-bond acceptors (Lipinski definition) is 4. The molecule has 0 spiro atoms. The van der Waals surface area contributed by atoms with E-state index in [0.717, 1.165) is 24.3 Å². The summed E-state index contributed by atoms with van der Waals surface area (Å²) in [6.45, 7) is 0. The van der Waals surface area contributed by atoms with Crippen LogP contribution < -0.4 is 0 Å². The maximum atomic E-state index is 13.4. The van der Waals surface area contributed by atoms with Gasteiger partial charge in [0, 0.05) is 11.2 Å². The normalized spacial score (nSPS) is 21.3. The Bertz CT molecular complexity index is 653. The predicted molar refractivity (Wildman–Crippen MR) is 79.6 cm³/mol. The van der Waals surface area contributed by atoms with Gasteiger partial charge in [-0.1, -0.05) is 12.5 Å². The average molecular weight is 304 g/mol. The summed E-state index contributed by atoms with van der Waals surface area (Å²) >= 11 is 1.78. The lowest BCUT2D eigenvalue weighted by atomic mass is 9.85. The zero-order valence-corrected chi connectivity index (χ0v) is 12.5. The van der Waals surface area contributed by atoms with Crippen LogP contribution in [0.1, 0.15) is 59.8 Å². The third-order valence-corrected chi connectivity index (χ3v) is 5.78. The van der Waals surface area contributed by atoms with Gasteiger partial charge in [-0.3, -0.25) is 0 Å². The fourth-order valence-electron chi connectivity index (χ4n) is 3.03. The Morgan fingerprint density at radius 2 is 2.14 bits per heavy atom. The Hall–Kier alpha value is -1.36. The van der Waals surface area contributed by atoms with E-state index in [2.05, 4.69) is 10.2 Å². The molecule has 0 N–H and O–H groups in total. The van der Waals surface area contributed by atoms with Crippen LogP contribution in [-0.4, -0.2) is 10.2 Å². The third-order valence-electron chi connectivity index (χ3n) is 4.48. The number of thioether (sulfide) groups is 1. The summed E-state index contributed by atoms with van der Waals surface area (Å²) in [5.74, 6) is 2.55. The molecule has 1 atom stereocenters. The second kappa shape index (κ2) is 5.44. The van der Waals surface area contributed by atoms with Crippen molar-refractivity contribution >= 4 is 11.8 Å². The number of benzene rings is 1. The minimum Gasteiger partial charge on any atom is -0.424 e. The van der Waals surface area contributed by atoms with Gasteiger partial charge in [-0.05, 0) is 48.9 Å². The summed E-state index contributed by atoms with van der Waals surface area (Å²) in [4.78, 5) is 0. The largest absolute Gasteiger partial charge is 0.424 e. The average Bonchev–Trinajstić information content (AvgIpc) is 3.01. The Balaban J connectivity index is 1.41. The number of halogens is 1. The first-order valence-corrected chi connectivity index (χ1v) is 8.56. The molecule has 2 aliphatic rings. The van der Waals surface area contributed by atoms with E-state index >= 15 is 0 Å². The molecule has 5 heteroatoms. The first kappa shape index (κ1) is 13.3. The van der Waals surface area contributed by atoms with Gasteiger partial charge in [-0.15, -0.1) is 22.0 Å². The third kappa shape index (κ3) is 2.59. The lowest BCUT2D eigenvalue weighted by Gasteiger charge is -2.20. The van der Waals surface area contributed by atoms with Crippen LogP contribution in [0.15, 0.2) is 22.6 Å². The van der Waals surface area contributed by atoms with Crippen LogP contribution in [-0.2, 0) is 12.2 Å². The molecule has 3 nitrogen and oxygen atoms in total. The fraction of sp³-hybridized carbons (Fsp3) is 0.500. The first-order chi connectivity index (χ1) is 10.3. The molecule has 0 bridgehead atoms. The summed E-state index contributed by atoms with van der Waals surface area (Å²) < 4.78 is 19.1. The van der Waals surface area contributed by atoms with Crippen molar-refractivity contribution in [2.24, 2.45) is 0 Å². The van der Waals surface area contributed by atoms with Crippen LogP contribution in [0.2, 0.25) is 0 Å². The Morgan fingerprint density at radius 3 is 2.95 bits per heavy atom. The first-order valence-electron chi connectivity index (χ1n) is 7.52. The van der Waals surface area contributed by atoms with Gasteiger partial charge in [0.05, 0.1) is 5.75 Å². The number of aromatic nitrogens is 2. The van der Waals surface area contributed by atoms with Gasteiger partial charge < -0.3 is 4.42 Å². The highest BCUT2D eigenvalue weighted by Crippen LogP contribution is 2.43. The summed E-state index contributed by atoms with van der Waals surface area (Å²) in [6, 6.07) is 5.13. The van der Waals surface area contributed by atoms with E-state index in [1.807, 2.05) is 6.07 Å². The minimum absolute atomic E-state index is 0.147. The molecule has 1 saturated carbocycles. The highest BCUT2D eigenvalue weighted by molar-refractivity contribution is 7.98. The van der Waals surface area contributed by atoms with Gasteiger partial charge >= 0.3 is 0 Å². The molecule has 2 aromatic rings. The summed E-state index contributed by atoms with van der Waals surface area (Å²) in [7, 11) is 0.